The van der Waals surface area contributed by atoms with Crippen molar-refractivity contribution < 1.29 is 9.18 Å². The molecule has 0 fully saturated rings. The maximum Gasteiger partial charge on any atom is 0.224 e. The van der Waals surface area contributed by atoms with E-state index in [1.807, 2.05) is 42.5 Å². The topological polar surface area (TPSA) is 70.7 Å². The number of benzene rings is 2. The Bertz CT molecular complexity index is 1200. The third kappa shape index (κ3) is 5.38. The number of nitrogens with zero attached hydrogens (tertiary/aromatic N) is 2. The molecular formula is C24H21FN4OS2. The van der Waals surface area contributed by atoms with Gasteiger partial charge in [-0.05, 0) is 29.8 Å². The first-order chi connectivity index (χ1) is 15.6. The number of nitrogens with one attached hydrogen (secondary N) is 2. The lowest BCUT2D eigenvalue weighted by Gasteiger charge is -2.17. The molecule has 2 aromatic carbocycles. The van der Waals surface area contributed by atoms with E-state index in [-0.39, 0.29) is 16.3 Å². The lowest BCUT2D eigenvalue weighted by atomic mass is 10.2. The highest BCUT2D eigenvalue weighted by Gasteiger charge is 2.20. The number of amides is 1. The van der Waals surface area contributed by atoms with Crippen LogP contribution in [0.4, 0.5) is 10.1 Å². The lowest BCUT2D eigenvalue weighted by Crippen LogP contribution is -2.09. The summed E-state index contributed by atoms with van der Waals surface area (Å²) in [6, 6.07) is 20.3. The van der Waals surface area contributed by atoms with E-state index in [1.165, 1.54) is 17.8 Å². The highest BCUT2D eigenvalue weighted by Crippen LogP contribution is 2.48. The fourth-order valence-corrected chi connectivity index (χ4v) is 5.54. The molecule has 4 rings (SSSR count). The van der Waals surface area contributed by atoms with Crippen LogP contribution >= 0.6 is 23.5 Å². The highest BCUT2D eigenvalue weighted by atomic mass is 32.2. The van der Waals surface area contributed by atoms with E-state index in [4.69, 9.17) is 0 Å². The fraction of sp³-hybridized carbons (Fsp3) is 0.125. The quantitative estimate of drug-likeness (QED) is 0.229. The Labute approximate surface area is 194 Å². The molecule has 0 saturated heterocycles. The largest absolute Gasteiger partial charge is 0.326 e. The lowest BCUT2D eigenvalue weighted by molar-refractivity contribution is -0.115. The average molecular weight is 465 g/mol. The number of hydrogen-bond donors (Lipinski definition) is 2. The van der Waals surface area contributed by atoms with E-state index in [1.54, 1.807) is 49.3 Å². The van der Waals surface area contributed by atoms with Crippen LogP contribution in [0.25, 0.3) is 11.3 Å². The molecule has 4 aromatic rings. The summed E-state index contributed by atoms with van der Waals surface area (Å²) in [6.07, 6.45) is 3.77. The number of pyridine rings is 1. The number of thioether (sulfide) groups is 2. The van der Waals surface area contributed by atoms with Crippen LogP contribution in [0.15, 0.2) is 89.0 Å². The molecule has 1 atom stereocenters. The van der Waals surface area contributed by atoms with Gasteiger partial charge in [0.05, 0.1) is 22.0 Å². The number of hydrogen-bond acceptors (Lipinski definition) is 5. The zero-order valence-corrected chi connectivity index (χ0v) is 18.9. The molecule has 0 bridgehead atoms. The third-order valence-corrected chi connectivity index (χ3v) is 7.29. The van der Waals surface area contributed by atoms with Crippen molar-refractivity contribution in [2.45, 2.75) is 27.8 Å². The minimum atomic E-state index is -0.245. The van der Waals surface area contributed by atoms with Crippen molar-refractivity contribution in [2.24, 2.45) is 0 Å². The molecule has 0 aliphatic rings. The number of rotatable bonds is 8. The monoisotopic (exact) mass is 464 g/mol. The van der Waals surface area contributed by atoms with Gasteiger partial charge in [0.2, 0.25) is 5.91 Å². The molecule has 0 aliphatic heterocycles. The van der Waals surface area contributed by atoms with E-state index in [0.29, 0.717) is 22.7 Å². The molecule has 0 aliphatic carbocycles. The minimum absolute atomic E-state index is 0.0608. The van der Waals surface area contributed by atoms with Gasteiger partial charge < -0.3 is 5.32 Å². The number of carbonyl (C=O) groups is 1. The van der Waals surface area contributed by atoms with Crippen molar-refractivity contribution in [1.29, 1.82) is 0 Å². The predicted molar refractivity (Wildman–Crippen MR) is 128 cm³/mol. The molecule has 32 heavy (non-hydrogen) atoms. The summed E-state index contributed by atoms with van der Waals surface area (Å²) in [5.41, 5.74) is 3.25. The number of H-pyrrole nitrogens is 1. The van der Waals surface area contributed by atoms with Gasteiger partial charge in [0.1, 0.15) is 10.8 Å². The Hall–Kier alpha value is -3.10. The van der Waals surface area contributed by atoms with Crippen molar-refractivity contribution in [1.82, 2.24) is 15.2 Å². The number of anilines is 1. The zero-order valence-electron chi connectivity index (χ0n) is 17.3. The van der Waals surface area contributed by atoms with Crippen molar-refractivity contribution in [3.8, 4) is 11.3 Å². The van der Waals surface area contributed by atoms with Crippen LogP contribution in [0.3, 0.4) is 0 Å². The first-order valence-corrected chi connectivity index (χ1v) is 11.8. The Balaban J connectivity index is 1.64. The van der Waals surface area contributed by atoms with E-state index in [0.717, 1.165) is 16.2 Å². The molecular weight excluding hydrogens is 443 g/mol. The zero-order chi connectivity index (χ0) is 22.3. The van der Waals surface area contributed by atoms with Crippen LogP contribution in [0.2, 0.25) is 0 Å². The number of aromatic nitrogens is 3. The van der Waals surface area contributed by atoms with Gasteiger partial charge in [-0.3, -0.25) is 14.9 Å². The van der Waals surface area contributed by atoms with Crippen LogP contribution in [-0.4, -0.2) is 21.1 Å². The van der Waals surface area contributed by atoms with Gasteiger partial charge >= 0.3 is 0 Å². The van der Waals surface area contributed by atoms with Crippen LogP contribution in [0.1, 0.15) is 23.5 Å². The second kappa shape index (κ2) is 10.5. The fourth-order valence-electron chi connectivity index (χ4n) is 2.98. The number of aromatic amines is 1. The van der Waals surface area contributed by atoms with Crippen molar-refractivity contribution in [3.05, 3.63) is 90.5 Å². The summed E-state index contributed by atoms with van der Waals surface area (Å²) in [6.45, 7) is 1.80. The van der Waals surface area contributed by atoms with Gasteiger partial charge in [-0.2, -0.15) is 5.10 Å². The maximum absolute atomic E-state index is 14.4. The van der Waals surface area contributed by atoms with Crippen LogP contribution in [0.5, 0.6) is 0 Å². The van der Waals surface area contributed by atoms with Gasteiger partial charge in [0.25, 0.3) is 0 Å². The first-order valence-electron chi connectivity index (χ1n) is 10.1. The predicted octanol–water partition coefficient (Wildman–Crippen LogP) is 6.54. The maximum atomic E-state index is 14.4. The minimum Gasteiger partial charge on any atom is -0.326 e. The molecule has 0 radical (unpaired) electrons. The van der Waals surface area contributed by atoms with Crippen molar-refractivity contribution in [2.75, 3.05) is 5.32 Å². The first kappa shape index (κ1) is 22.1. The molecule has 5 nitrogen and oxygen atoms in total. The SMILES string of the molecule is CCC(=O)Nc1ccnc(-c2cn[nH]c2SC(Sc2ccccc2F)c2ccccc2)c1. The highest BCUT2D eigenvalue weighted by molar-refractivity contribution is 8.16. The Morgan fingerprint density at radius 3 is 2.66 bits per heavy atom. The van der Waals surface area contributed by atoms with Gasteiger partial charge in [-0.15, -0.1) is 11.8 Å². The van der Waals surface area contributed by atoms with Crippen LogP contribution in [-0.2, 0) is 4.79 Å². The number of halogens is 1. The summed E-state index contributed by atoms with van der Waals surface area (Å²) in [5, 5.41) is 10.9. The van der Waals surface area contributed by atoms with E-state index < -0.39 is 0 Å². The Morgan fingerprint density at radius 1 is 1.09 bits per heavy atom. The molecule has 8 heteroatoms. The van der Waals surface area contributed by atoms with Crippen molar-refractivity contribution >= 4 is 35.1 Å². The molecule has 2 N–H and O–H groups in total. The van der Waals surface area contributed by atoms with E-state index >= 15 is 0 Å². The molecule has 2 heterocycles. The third-order valence-electron chi connectivity index (χ3n) is 4.61. The van der Waals surface area contributed by atoms with Gasteiger partial charge in [0.15, 0.2) is 0 Å². The van der Waals surface area contributed by atoms with Crippen LogP contribution < -0.4 is 5.32 Å². The summed E-state index contributed by atoms with van der Waals surface area (Å²) >= 11 is 3.00. The second-order valence-electron chi connectivity index (χ2n) is 6.85. The molecule has 0 spiro atoms. The smallest absolute Gasteiger partial charge is 0.224 e. The van der Waals surface area contributed by atoms with Crippen molar-refractivity contribution in [3.63, 3.8) is 0 Å². The van der Waals surface area contributed by atoms with Crippen LogP contribution in [0, 0.1) is 5.82 Å². The molecule has 2 aromatic heterocycles. The second-order valence-corrected chi connectivity index (χ2v) is 9.41. The van der Waals surface area contributed by atoms with Gasteiger partial charge in [-0.1, -0.05) is 61.2 Å². The van der Waals surface area contributed by atoms with E-state index in [2.05, 4.69) is 20.5 Å². The molecule has 162 valence electrons. The summed E-state index contributed by atoms with van der Waals surface area (Å²) < 4.78 is 14.3. The molecule has 0 saturated carbocycles. The molecule has 1 unspecified atom stereocenters. The Morgan fingerprint density at radius 2 is 1.88 bits per heavy atom. The van der Waals surface area contributed by atoms with E-state index in [9.17, 15) is 9.18 Å². The summed E-state index contributed by atoms with van der Waals surface area (Å²) in [7, 11) is 0. The number of carbonyl (C=O) groups excluding carboxylic acids is 1. The normalized spacial score (nSPS) is 11.8. The van der Waals surface area contributed by atoms with Gasteiger partial charge in [0, 0.05) is 23.2 Å². The van der Waals surface area contributed by atoms with Gasteiger partial charge in [-0.25, -0.2) is 4.39 Å². The standard InChI is InChI=1S/C24H21FN4OS2/c1-2-22(30)28-17-12-13-26-20(14-17)18-15-27-29-23(18)32-24(16-8-4-3-5-9-16)31-21-11-7-6-10-19(21)25/h3-15,24H,2H2,1H3,(H,27,29)(H,26,28,30). The molecule has 1 amide bonds. The Kier molecular flexibility index (Phi) is 7.24. The summed E-state index contributed by atoms with van der Waals surface area (Å²) in [5.74, 6) is -0.306. The average Bonchev–Trinajstić information content (AvgIpc) is 3.29. The summed E-state index contributed by atoms with van der Waals surface area (Å²) in [4.78, 5) is 16.8.